The highest BCUT2D eigenvalue weighted by atomic mass is 32.1. The number of nitrogens with zero attached hydrogens (tertiary/aromatic N) is 3. The van der Waals surface area contributed by atoms with E-state index >= 15 is 0 Å². The zero-order valence-corrected chi connectivity index (χ0v) is 14.1. The first-order chi connectivity index (χ1) is 10.7. The van der Waals surface area contributed by atoms with Gasteiger partial charge in [0.05, 0.1) is 12.6 Å². The maximum atomic E-state index is 12.1. The summed E-state index contributed by atoms with van der Waals surface area (Å²) >= 11 is 1.34. The minimum absolute atomic E-state index is 0.0211. The highest BCUT2D eigenvalue weighted by molar-refractivity contribution is 7.13. The van der Waals surface area contributed by atoms with Gasteiger partial charge in [-0.15, -0.1) is 10.2 Å². The average Bonchev–Trinajstić information content (AvgIpc) is 3.14. The Morgan fingerprint density at radius 1 is 1.55 bits per heavy atom. The Hall–Kier alpha value is -1.05. The van der Waals surface area contributed by atoms with E-state index in [1.165, 1.54) is 37.0 Å². The molecule has 1 aromatic rings. The molecule has 0 saturated heterocycles. The molecule has 2 fully saturated rings. The topological polar surface area (TPSA) is 67.3 Å². The number of carbonyl (C=O) groups excluding carboxylic acids is 1. The molecule has 3 rings (SSSR count). The number of amides is 1. The summed E-state index contributed by atoms with van der Waals surface area (Å²) in [6, 6.07) is 0.451. The quantitative estimate of drug-likeness (QED) is 0.868. The third-order valence-electron chi connectivity index (χ3n) is 5.18. The minimum atomic E-state index is -0.0211. The Morgan fingerprint density at radius 3 is 2.95 bits per heavy atom. The smallest absolute Gasteiger partial charge is 0.240 e. The van der Waals surface area contributed by atoms with Gasteiger partial charge < -0.3 is 4.74 Å². The summed E-state index contributed by atoms with van der Waals surface area (Å²) in [6.07, 6.45) is 6.43. The normalized spacial score (nSPS) is 26.3. The summed E-state index contributed by atoms with van der Waals surface area (Å²) in [4.78, 5) is 14.3. The van der Waals surface area contributed by atoms with Crippen LogP contribution in [0.2, 0.25) is 0 Å². The van der Waals surface area contributed by atoms with Crippen LogP contribution >= 0.6 is 11.3 Å². The van der Waals surface area contributed by atoms with Crippen molar-refractivity contribution in [2.45, 2.75) is 51.2 Å². The summed E-state index contributed by atoms with van der Waals surface area (Å²) in [5, 5.41) is 10.9. The average molecular weight is 324 g/mol. The van der Waals surface area contributed by atoms with Gasteiger partial charge in [0.2, 0.25) is 11.0 Å². The molecule has 7 heteroatoms. The second-order valence-electron chi connectivity index (χ2n) is 6.34. The molecule has 0 aliphatic heterocycles. The molecular weight excluding hydrogens is 300 g/mol. The van der Waals surface area contributed by atoms with E-state index in [1.54, 1.807) is 5.51 Å². The van der Waals surface area contributed by atoms with E-state index < -0.39 is 0 Å². The van der Waals surface area contributed by atoms with Gasteiger partial charge in [0, 0.05) is 18.1 Å². The van der Waals surface area contributed by atoms with E-state index in [4.69, 9.17) is 4.74 Å². The van der Waals surface area contributed by atoms with Crippen molar-refractivity contribution in [3.8, 4) is 0 Å². The highest BCUT2D eigenvalue weighted by Gasteiger charge is 2.57. The third kappa shape index (κ3) is 2.89. The molecule has 2 atom stereocenters. The van der Waals surface area contributed by atoms with E-state index in [0.29, 0.717) is 23.8 Å². The monoisotopic (exact) mass is 324 g/mol. The van der Waals surface area contributed by atoms with Gasteiger partial charge in [-0.05, 0) is 33.2 Å². The Labute approximate surface area is 135 Å². The summed E-state index contributed by atoms with van der Waals surface area (Å²) < 4.78 is 5.94. The number of hydrogen-bond donors (Lipinski definition) is 1. The lowest BCUT2D eigenvalue weighted by atomic mass is 9.60. The van der Waals surface area contributed by atoms with Crippen LogP contribution in [0.25, 0.3) is 0 Å². The Bertz CT molecular complexity index is 502. The Morgan fingerprint density at radius 2 is 2.32 bits per heavy atom. The standard InChI is InChI=1S/C15H24N4O2S/c1-3-21-12-8-11(15(12)6-4-5-7-15)19(2)9-13(20)17-14-18-16-10-22-14/h10-12H,3-9H2,1-2H3,(H,17,18,20)/t11-,12+/m0/s1. The maximum absolute atomic E-state index is 12.1. The van der Waals surface area contributed by atoms with Gasteiger partial charge >= 0.3 is 0 Å². The van der Waals surface area contributed by atoms with E-state index in [0.717, 1.165) is 13.0 Å². The zero-order chi connectivity index (χ0) is 15.6. The Kier molecular flexibility index (Phi) is 4.75. The van der Waals surface area contributed by atoms with Crippen LogP contribution in [-0.4, -0.2) is 53.3 Å². The van der Waals surface area contributed by atoms with Gasteiger partial charge in [-0.2, -0.15) is 0 Å². The zero-order valence-electron chi connectivity index (χ0n) is 13.2. The number of anilines is 1. The number of likely N-dealkylation sites (N-methyl/N-ethyl adjacent to an activating group) is 1. The molecule has 0 unspecified atom stereocenters. The first-order valence-corrected chi connectivity index (χ1v) is 8.91. The van der Waals surface area contributed by atoms with E-state index in [-0.39, 0.29) is 11.3 Å². The first-order valence-electron chi connectivity index (χ1n) is 8.03. The molecule has 1 spiro atoms. The number of aromatic nitrogens is 2. The second kappa shape index (κ2) is 6.60. The number of ether oxygens (including phenoxy) is 1. The van der Waals surface area contributed by atoms with Crippen LogP contribution in [0.15, 0.2) is 5.51 Å². The summed E-state index contributed by atoms with van der Waals surface area (Å²) in [5.41, 5.74) is 1.89. The van der Waals surface area contributed by atoms with Crippen molar-refractivity contribution < 1.29 is 9.53 Å². The molecule has 22 heavy (non-hydrogen) atoms. The molecule has 1 aromatic heterocycles. The second-order valence-corrected chi connectivity index (χ2v) is 7.18. The van der Waals surface area contributed by atoms with Crippen LogP contribution in [0.5, 0.6) is 0 Å². The predicted octanol–water partition coefficient (Wildman–Crippen LogP) is 2.15. The lowest BCUT2D eigenvalue weighted by Crippen LogP contribution is -2.63. The van der Waals surface area contributed by atoms with Crippen LogP contribution in [0.1, 0.15) is 39.0 Å². The lowest BCUT2D eigenvalue weighted by molar-refractivity contribution is -0.162. The fourth-order valence-corrected chi connectivity index (χ4v) is 4.65. The molecule has 2 aliphatic rings. The molecule has 0 radical (unpaired) electrons. The molecular formula is C15H24N4O2S. The molecule has 0 aromatic carbocycles. The molecule has 1 N–H and O–H groups in total. The number of carbonyl (C=O) groups is 1. The fraction of sp³-hybridized carbons (Fsp3) is 0.800. The van der Waals surface area contributed by atoms with Gasteiger partial charge in [0.15, 0.2) is 0 Å². The summed E-state index contributed by atoms with van der Waals surface area (Å²) in [5.74, 6) is -0.0211. The molecule has 6 nitrogen and oxygen atoms in total. The molecule has 1 heterocycles. The van der Waals surface area contributed by atoms with Crippen molar-refractivity contribution in [1.82, 2.24) is 15.1 Å². The maximum Gasteiger partial charge on any atom is 0.240 e. The van der Waals surface area contributed by atoms with Crippen LogP contribution in [-0.2, 0) is 9.53 Å². The largest absolute Gasteiger partial charge is 0.378 e. The van der Waals surface area contributed by atoms with Gasteiger partial charge in [-0.25, -0.2) is 0 Å². The van der Waals surface area contributed by atoms with Gasteiger partial charge in [-0.1, -0.05) is 24.2 Å². The van der Waals surface area contributed by atoms with Crippen LogP contribution in [0.4, 0.5) is 5.13 Å². The SMILES string of the molecule is CCO[C@@H]1C[C@H](N(C)CC(=O)Nc2nncs2)C12CCCC2. The van der Waals surface area contributed by atoms with Crippen molar-refractivity contribution in [2.24, 2.45) is 5.41 Å². The molecule has 122 valence electrons. The van der Waals surface area contributed by atoms with Crippen molar-refractivity contribution in [3.63, 3.8) is 0 Å². The fourth-order valence-electron chi connectivity index (χ4n) is 4.19. The van der Waals surface area contributed by atoms with Gasteiger partial charge in [0.1, 0.15) is 5.51 Å². The van der Waals surface area contributed by atoms with Crippen LogP contribution in [0.3, 0.4) is 0 Å². The van der Waals surface area contributed by atoms with Crippen molar-refractivity contribution in [2.75, 3.05) is 25.5 Å². The van der Waals surface area contributed by atoms with Gasteiger partial charge in [-0.3, -0.25) is 15.0 Å². The highest BCUT2D eigenvalue weighted by Crippen LogP contribution is 2.56. The number of nitrogens with one attached hydrogen (secondary N) is 1. The van der Waals surface area contributed by atoms with Crippen molar-refractivity contribution in [3.05, 3.63) is 5.51 Å². The molecule has 1 amide bonds. The summed E-state index contributed by atoms with van der Waals surface area (Å²) in [6.45, 7) is 3.24. The van der Waals surface area contributed by atoms with Crippen LogP contribution < -0.4 is 5.32 Å². The van der Waals surface area contributed by atoms with Crippen LogP contribution in [0, 0.1) is 5.41 Å². The first kappa shape index (κ1) is 15.8. The lowest BCUT2D eigenvalue weighted by Gasteiger charge is -2.57. The van der Waals surface area contributed by atoms with Gasteiger partial charge in [0.25, 0.3) is 0 Å². The van der Waals surface area contributed by atoms with Crippen molar-refractivity contribution >= 4 is 22.4 Å². The van der Waals surface area contributed by atoms with E-state index in [2.05, 4.69) is 27.3 Å². The summed E-state index contributed by atoms with van der Waals surface area (Å²) in [7, 11) is 2.05. The molecule has 2 saturated carbocycles. The van der Waals surface area contributed by atoms with E-state index in [1.807, 2.05) is 7.05 Å². The number of hydrogen-bond acceptors (Lipinski definition) is 6. The Balaban J connectivity index is 1.58. The molecule has 2 aliphatic carbocycles. The minimum Gasteiger partial charge on any atom is -0.378 e. The number of rotatable bonds is 6. The van der Waals surface area contributed by atoms with Crippen molar-refractivity contribution in [1.29, 1.82) is 0 Å². The molecule has 0 bridgehead atoms. The predicted molar refractivity (Wildman–Crippen MR) is 85.9 cm³/mol. The van der Waals surface area contributed by atoms with E-state index in [9.17, 15) is 4.79 Å². The third-order valence-corrected chi connectivity index (χ3v) is 5.78.